The Morgan fingerprint density at radius 1 is 1.60 bits per heavy atom. The maximum absolute atomic E-state index is 12.3. The van der Waals surface area contributed by atoms with E-state index in [0.717, 1.165) is 0 Å². The van der Waals surface area contributed by atoms with Gasteiger partial charge < -0.3 is 24.6 Å². The quantitative estimate of drug-likeness (QED) is 0.363. The molecule has 0 bridgehead atoms. The first-order valence-corrected chi connectivity index (χ1v) is 7.70. The molecule has 0 aromatic carbocycles. The molecule has 1 saturated heterocycles. The van der Waals surface area contributed by atoms with Crippen molar-refractivity contribution in [3.05, 3.63) is 22.7 Å². The molecule has 1 aliphatic heterocycles. The molecule has 25 heavy (non-hydrogen) atoms. The molecule has 2 heterocycles. The Bertz CT molecular complexity index is 698. The van der Waals surface area contributed by atoms with E-state index in [-0.39, 0.29) is 18.8 Å². The second-order valence-corrected chi connectivity index (χ2v) is 5.67. The summed E-state index contributed by atoms with van der Waals surface area (Å²) in [5.41, 5.74) is -0.627. The van der Waals surface area contributed by atoms with E-state index in [0.29, 0.717) is 0 Å². The summed E-state index contributed by atoms with van der Waals surface area (Å²) in [6.45, 7) is -0.354. The van der Waals surface area contributed by atoms with Crippen LogP contribution in [-0.4, -0.2) is 76.6 Å². The van der Waals surface area contributed by atoms with Crippen molar-refractivity contribution in [2.75, 3.05) is 27.3 Å². The van der Waals surface area contributed by atoms with Gasteiger partial charge in [-0.2, -0.15) is 10.2 Å². The monoisotopic (exact) mass is 351 g/mol. The van der Waals surface area contributed by atoms with Crippen molar-refractivity contribution in [3.63, 3.8) is 0 Å². The van der Waals surface area contributed by atoms with Gasteiger partial charge in [-0.15, -0.1) is 0 Å². The maximum Gasteiger partial charge on any atom is 0.351 e. The number of aliphatic imine (C=N–C) groups is 1. The van der Waals surface area contributed by atoms with E-state index >= 15 is 0 Å². The van der Waals surface area contributed by atoms with Gasteiger partial charge in [-0.25, -0.2) is 9.79 Å². The zero-order chi connectivity index (χ0) is 18.4. The number of nitriles is 1. The Labute approximate surface area is 144 Å². The largest absolute Gasteiger partial charge is 0.394 e. The van der Waals surface area contributed by atoms with Gasteiger partial charge in [0.2, 0.25) is 0 Å². The van der Waals surface area contributed by atoms with Crippen molar-refractivity contribution in [1.82, 2.24) is 14.5 Å². The molecule has 2 N–H and O–H groups in total. The molecule has 10 heteroatoms. The fourth-order valence-electron chi connectivity index (χ4n) is 2.36. The number of hydrogen-bond donors (Lipinski definition) is 2. The van der Waals surface area contributed by atoms with Crippen molar-refractivity contribution in [2.45, 2.75) is 31.0 Å². The molecule has 0 spiro atoms. The summed E-state index contributed by atoms with van der Waals surface area (Å²) in [5.74, 6) is 0.231. The molecule has 1 aromatic rings. The normalized spacial score (nSPS) is 26.0. The predicted octanol–water partition coefficient (Wildman–Crippen LogP) is -0.986. The molecule has 0 amide bonds. The Balaban J connectivity index is 2.24. The van der Waals surface area contributed by atoms with Crippen LogP contribution >= 0.6 is 0 Å². The lowest BCUT2D eigenvalue weighted by atomic mass is 10.1. The number of aromatic nitrogens is 2. The van der Waals surface area contributed by atoms with Crippen LogP contribution in [0.15, 0.2) is 22.1 Å². The number of aliphatic hydroxyl groups excluding tert-OH is 2. The highest BCUT2D eigenvalue weighted by Gasteiger charge is 2.45. The third kappa shape index (κ3) is 4.61. The SMILES string of the molecule is CN(C)/C=N/c1ccn([C@@H]2O[C@H](CO)C(O)[C@@H]2OCCC#N)c(=O)n1. The second-order valence-electron chi connectivity index (χ2n) is 5.67. The molecular formula is C15H21N5O5. The Morgan fingerprint density at radius 2 is 2.36 bits per heavy atom. The van der Waals surface area contributed by atoms with E-state index < -0.39 is 36.8 Å². The van der Waals surface area contributed by atoms with Crippen LogP contribution in [0, 0.1) is 11.3 Å². The molecule has 136 valence electrons. The van der Waals surface area contributed by atoms with Gasteiger partial charge in [0.25, 0.3) is 0 Å². The van der Waals surface area contributed by atoms with Crippen LogP contribution in [0.2, 0.25) is 0 Å². The number of hydrogen-bond acceptors (Lipinski definition) is 8. The predicted molar refractivity (Wildman–Crippen MR) is 87.3 cm³/mol. The Hall–Kier alpha value is -2.32. The average Bonchev–Trinajstić information content (AvgIpc) is 2.89. The first kappa shape index (κ1) is 19.0. The molecule has 1 aromatic heterocycles. The highest BCUT2D eigenvalue weighted by molar-refractivity contribution is 5.58. The maximum atomic E-state index is 12.3. The lowest BCUT2D eigenvalue weighted by Gasteiger charge is -2.21. The molecular weight excluding hydrogens is 330 g/mol. The summed E-state index contributed by atoms with van der Waals surface area (Å²) >= 11 is 0. The van der Waals surface area contributed by atoms with Crippen molar-refractivity contribution < 1.29 is 19.7 Å². The van der Waals surface area contributed by atoms with Crippen LogP contribution < -0.4 is 5.69 Å². The molecule has 10 nitrogen and oxygen atoms in total. The van der Waals surface area contributed by atoms with E-state index in [2.05, 4.69) is 9.98 Å². The van der Waals surface area contributed by atoms with E-state index in [4.69, 9.17) is 14.7 Å². The van der Waals surface area contributed by atoms with Crippen molar-refractivity contribution in [1.29, 1.82) is 5.26 Å². The summed E-state index contributed by atoms with van der Waals surface area (Å²) in [7, 11) is 3.58. The number of nitrogens with zero attached hydrogens (tertiary/aromatic N) is 5. The van der Waals surface area contributed by atoms with Gasteiger partial charge in [0.15, 0.2) is 12.0 Å². The van der Waals surface area contributed by atoms with Gasteiger partial charge in [0.1, 0.15) is 18.3 Å². The van der Waals surface area contributed by atoms with E-state index in [1.807, 2.05) is 6.07 Å². The smallest absolute Gasteiger partial charge is 0.351 e. The fraction of sp³-hybridized carbons (Fsp3) is 0.600. The summed E-state index contributed by atoms with van der Waals surface area (Å²) in [6, 6.07) is 3.45. The van der Waals surface area contributed by atoms with Crippen LogP contribution in [0.1, 0.15) is 12.6 Å². The minimum atomic E-state index is -1.13. The summed E-state index contributed by atoms with van der Waals surface area (Å²) < 4.78 is 12.2. The highest BCUT2D eigenvalue weighted by atomic mass is 16.6. The Morgan fingerprint density at radius 3 is 2.96 bits per heavy atom. The van der Waals surface area contributed by atoms with Gasteiger partial charge in [0.05, 0.1) is 32.0 Å². The van der Waals surface area contributed by atoms with Crippen LogP contribution in [-0.2, 0) is 9.47 Å². The number of rotatable bonds is 7. The third-order valence-electron chi connectivity index (χ3n) is 3.53. The van der Waals surface area contributed by atoms with Crippen LogP contribution in [0.3, 0.4) is 0 Å². The summed E-state index contributed by atoms with van der Waals surface area (Å²) in [4.78, 5) is 21.9. The van der Waals surface area contributed by atoms with Crippen LogP contribution in [0.4, 0.5) is 5.82 Å². The lowest BCUT2D eigenvalue weighted by molar-refractivity contribution is -0.0732. The second kappa shape index (κ2) is 8.68. The van der Waals surface area contributed by atoms with Crippen molar-refractivity contribution in [2.24, 2.45) is 4.99 Å². The van der Waals surface area contributed by atoms with Crippen molar-refractivity contribution in [3.8, 4) is 6.07 Å². The van der Waals surface area contributed by atoms with Gasteiger partial charge in [-0.3, -0.25) is 4.57 Å². The van der Waals surface area contributed by atoms with E-state index in [1.165, 1.54) is 23.2 Å². The minimum Gasteiger partial charge on any atom is -0.394 e. The van der Waals surface area contributed by atoms with Gasteiger partial charge in [0, 0.05) is 20.3 Å². The van der Waals surface area contributed by atoms with Gasteiger partial charge >= 0.3 is 5.69 Å². The standard InChI is InChI=1S/C15H21N5O5/c1-19(2)9-17-11-4-6-20(15(23)18-11)14-13(24-7-3-5-16)12(22)10(8-21)25-14/h4,6,9-10,12-14,21-22H,3,7-8H2,1-2H3/b17-9+/t10-,12?,13+,14-/m1/s1. The number of aliphatic hydroxyl groups is 2. The summed E-state index contributed by atoms with van der Waals surface area (Å²) in [5, 5.41) is 28.1. The Kier molecular flexibility index (Phi) is 6.60. The molecule has 4 atom stereocenters. The molecule has 1 aliphatic rings. The van der Waals surface area contributed by atoms with Crippen molar-refractivity contribution >= 4 is 12.2 Å². The molecule has 0 saturated carbocycles. The zero-order valence-corrected chi connectivity index (χ0v) is 14.0. The van der Waals surface area contributed by atoms with E-state index in [9.17, 15) is 15.0 Å². The average molecular weight is 351 g/mol. The molecule has 0 radical (unpaired) electrons. The van der Waals surface area contributed by atoms with Gasteiger partial charge in [-0.05, 0) is 6.07 Å². The van der Waals surface area contributed by atoms with E-state index in [1.54, 1.807) is 19.0 Å². The van der Waals surface area contributed by atoms with Crippen LogP contribution in [0.5, 0.6) is 0 Å². The first-order chi connectivity index (χ1) is 12.0. The first-order valence-electron chi connectivity index (χ1n) is 7.70. The highest BCUT2D eigenvalue weighted by Crippen LogP contribution is 2.31. The fourth-order valence-corrected chi connectivity index (χ4v) is 2.36. The molecule has 0 aliphatic carbocycles. The lowest BCUT2D eigenvalue weighted by Crippen LogP contribution is -2.38. The molecule has 1 fully saturated rings. The number of ether oxygens (including phenoxy) is 2. The minimum absolute atomic E-state index is 0.0730. The summed E-state index contributed by atoms with van der Waals surface area (Å²) in [6.07, 6.45) is -0.806. The van der Waals surface area contributed by atoms with Crippen LogP contribution in [0.25, 0.3) is 0 Å². The zero-order valence-electron chi connectivity index (χ0n) is 14.0. The molecule has 1 unspecified atom stereocenters. The molecule has 2 rings (SSSR count). The topological polar surface area (TPSA) is 133 Å². The van der Waals surface area contributed by atoms with Gasteiger partial charge in [-0.1, -0.05) is 0 Å². The third-order valence-corrected chi connectivity index (χ3v) is 3.53.